The fourth-order valence-electron chi connectivity index (χ4n) is 4.67. The first kappa shape index (κ1) is 21.0. The molecule has 2 heterocycles. The zero-order chi connectivity index (χ0) is 20.6. The summed E-state index contributed by atoms with van der Waals surface area (Å²) in [6.45, 7) is 1.55. The summed E-state index contributed by atoms with van der Waals surface area (Å²) in [5.41, 5.74) is 0.880. The van der Waals surface area contributed by atoms with Crippen molar-refractivity contribution in [2.75, 3.05) is 32.6 Å². The maximum atomic E-state index is 13.5. The molecule has 2 saturated heterocycles. The van der Waals surface area contributed by atoms with Gasteiger partial charge in [-0.3, -0.25) is 4.90 Å². The van der Waals surface area contributed by atoms with Gasteiger partial charge in [0, 0.05) is 38.5 Å². The van der Waals surface area contributed by atoms with E-state index < -0.39 is 15.9 Å². The van der Waals surface area contributed by atoms with E-state index in [-0.39, 0.29) is 49.9 Å². The third-order valence-electron chi connectivity index (χ3n) is 6.37. The van der Waals surface area contributed by atoms with E-state index in [1.165, 1.54) is 0 Å². The predicted molar refractivity (Wildman–Crippen MR) is 105 cm³/mol. The van der Waals surface area contributed by atoms with Crippen molar-refractivity contribution >= 4 is 10.0 Å². The number of hydrogen-bond donors (Lipinski definition) is 0. The Morgan fingerprint density at radius 2 is 1.86 bits per heavy atom. The first-order valence-corrected chi connectivity index (χ1v) is 11.7. The lowest BCUT2D eigenvalue weighted by Crippen LogP contribution is -2.46. The van der Waals surface area contributed by atoms with Crippen LogP contribution < -0.4 is 4.74 Å². The number of sulfonamides is 1. The normalized spacial score (nSPS) is 30.6. The average molecular weight is 431 g/mol. The van der Waals surface area contributed by atoms with Gasteiger partial charge in [-0.1, -0.05) is 12.1 Å². The minimum absolute atomic E-state index is 0.0359. The Hall–Kier alpha value is -1.29. The molecule has 1 aromatic rings. The zero-order valence-electron chi connectivity index (χ0n) is 16.6. The molecule has 0 amide bonds. The van der Waals surface area contributed by atoms with E-state index in [1.807, 2.05) is 24.3 Å². The number of benzene rings is 1. The number of likely N-dealkylation sites (tertiary alicyclic amines) is 1. The van der Waals surface area contributed by atoms with Crippen molar-refractivity contribution in [3.63, 3.8) is 0 Å². The molecule has 1 aliphatic carbocycles. The summed E-state index contributed by atoms with van der Waals surface area (Å²) >= 11 is 0. The van der Waals surface area contributed by atoms with Crippen LogP contribution in [0.2, 0.25) is 0 Å². The highest BCUT2D eigenvalue weighted by Gasteiger charge is 2.47. The molecule has 2 aliphatic heterocycles. The summed E-state index contributed by atoms with van der Waals surface area (Å²) in [4.78, 5) is 2.16. The van der Waals surface area contributed by atoms with Gasteiger partial charge in [0.05, 0.1) is 31.6 Å². The molecule has 0 aromatic heterocycles. The van der Waals surface area contributed by atoms with Gasteiger partial charge in [0.1, 0.15) is 5.75 Å². The lowest BCUT2D eigenvalue weighted by atomic mass is 9.91. The van der Waals surface area contributed by atoms with Gasteiger partial charge < -0.3 is 9.47 Å². The number of hydrogen-bond acceptors (Lipinski definition) is 5. The van der Waals surface area contributed by atoms with Gasteiger partial charge in [0.15, 0.2) is 0 Å². The molecule has 0 spiro atoms. The van der Waals surface area contributed by atoms with Gasteiger partial charge in [-0.25, -0.2) is 17.2 Å². The highest BCUT2D eigenvalue weighted by molar-refractivity contribution is 7.89. The number of fused-ring (bicyclic) bond motifs is 1. The Morgan fingerprint density at radius 3 is 2.52 bits per heavy atom. The van der Waals surface area contributed by atoms with Crippen LogP contribution in [0.3, 0.4) is 0 Å². The molecule has 9 heteroatoms. The number of nitrogens with zero attached hydrogens (tertiary/aromatic N) is 2. The third kappa shape index (κ3) is 4.57. The van der Waals surface area contributed by atoms with Crippen LogP contribution in [0.5, 0.6) is 5.75 Å². The Balaban J connectivity index is 1.51. The van der Waals surface area contributed by atoms with Crippen molar-refractivity contribution in [3.8, 4) is 5.75 Å². The van der Waals surface area contributed by atoms with Crippen molar-refractivity contribution in [1.29, 1.82) is 0 Å². The molecule has 3 fully saturated rings. The van der Waals surface area contributed by atoms with Crippen molar-refractivity contribution in [2.24, 2.45) is 0 Å². The van der Waals surface area contributed by atoms with E-state index in [9.17, 15) is 17.2 Å². The average Bonchev–Trinajstić information content (AvgIpc) is 3.05. The van der Waals surface area contributed by atoms with Gasteiger partial charge >= 0.3 is 0 Å². The number of rotatable bonds is 4. The standard InChI is InChI=1S/C20H28F2N2O4S/c1-27-17-4-2-15(3-5-17)12-24-18-13-23(16-6-8-20(21,22)9-7-16)14-19(18)28-10-11-29(24,25)26/h2-5,16,18-19H,6-14H2,1H3/t18-,19+/m1/s1. The highest BCUT2D eigenvalue weighted by Crippen LogP contribution is 2.37. The molecule has 1 aromatic carbocycles. The fourth-order valence-corrected chi connectivity index (χ4v) is 6.17. The second-order valence-corrected chi connectivity index (χ2v) is 10.3. The molecule has 6 nitrogen and oxygen atoms in total. The summed E-state index contributed by atoms with van der Waals surface area (Å²) in [5.74, 6) is -1.89. The van der Waals surface area contributed by atoms with Crippen LogP contribution in [0, 0.1) is 0 Å². The number of ether oxygens (including phenoxy) is 2. The van der Waals surface area contributed by atoms with Crippen LogP contribution in [0.1, 0.15) is 31.2 Å². The van der Waals surface area contributed by atoms with E-state index in [4.69, 9.17) is 9.47 Å². The van der Waals surface area contributed by atoms with E-state index in [2.05, 4.69) is 4.90 Å². The summed E-state index contributed by atoms with van der Waals surface area (Å²) in [7, 11) is -1.88. The van der Waals surface area contributed by atoms with Gasteiger partial charge in [-0.15, -0.1) is 0 Å². The SMILES string of the molecule is COc1ccc(CN2[C@@H]3CN(C4CCC(F)(F)CC4)C[C@@H]3OCCS2(=O)=O)cc1. The summed E-state index contributed by atoms with van der Waals surface area (Å²) in [5, 5.41) is 0. The second kappa shape index (κ2) is 8.09. The number of alkyl halides is 2. The van der Waals surface area contributed by atoms with Crippen LogP contribution in [0.25, 0.3) is 0 Å². The predicted octanol–water partition coefficient (Wildman–Crippen LogP) is 2.49. The monoisotopic (exact) mass is 430 g/mol. The molecule has 0 radical (unpaired) electrons. The Kier molecular flexibility index (Phi) is 5.85. The number of halogens is 2. The minimum atomic E-state index is -3.47. The smallest absolute Gasteiger partial charge is 0.248 e. The molecule has 3 aliphatic rings. The number of methoxy groups -OCH3 is 1. The molecule has 1 saturated carbocycles. The summed E-state index contributed by atoms with van der Waals surface area (Å²) in [6, 6.07) is 7.13. The lowest BCUT2D eigenvalue weighted by molar-refractivity contribution is -0.0529. The van der Waals surface area contributed by atoms with E-state index in [0.29, 0.717) is 25.9 Å². The van der Waals surface area contributed by atoms with Gasteiger partial charge in [0.25, 0.3) is 0 Å². The molecule has 29 heavy (non-hydrogen) atoms. The Labute approximate surface area is 170 Å². The Bertz CT molecular complexity index is 808. The first-order valence-electron chi connectivity index (χ1n) is 10.1. The molecule has 0 bridgehead atoms. The summed E-state index contributed by atoms with van der Waals surface area (Å²) < 4.78 is 65.6. The Morgan fingerprint density at radius 1 is 1.17 bits per heavy atom. The molecule has 4 rings (SSSR count). The zero-order valence-corrected chi connectivity index (χ0v) is 17.4. The minimum Gasteiger partial charge on any atom is -0.497 e. The van der Waals surface area contributed by atoms with E-state index in [1.54, 1.807) is 11.4 Å². The third-order valence-corrected chi connectivity index (χ3v) is 8.16. The molecule has 2 atom stereocenters. The first-order chi connectivity index (χ1) is 13.8. The molecular weight excluding hydrogens is 402 g/mol. The van der Waals surface area contributed by atoms with Gasteiger partial charge in [0.2, 0.25) is 15.9 Å². The van der Waals surface area contributed by atoms with Crippen LogP contribution in [-0.4, -0.2) is 74.3 Å². The van der Waals surface area contributed by atoms with Crippen LogP contribution in [0.4, 0.5) is 8.78 Å². The molecule has 0 unspecified atom stereocenters. The maximum absolute atomic E-state index is 13.5. The van der Waals surface area contributed by atoms with E-state index >= 15 is 0 Å². The molecule has 0 N–H and O–H groups in total. The highest BCUT2D eigenvalue weighted by atomic mass is 32.2. The van der Waals surface area contributed by atoms with Crippen LogP contribution in [-0.2, 0) is 21.3 Å². The largest absolute Gasteiger partial charge is 0.497 e. The molecule has 162 valence electrons. The molecular formula is C20H28F2N2O4S. The lowest BCUT2D eigenvalue weighted by Gasteiger charge is -2.35. The van der Waals surface area contributed by atoms with Crippen molar-refractivity contribution in [3.05, 3.63) is 29.8 Å². The van der Waals surface area contributed by atoms with Crippen molar-refractivity contribution in [2.45, 2.75) is 56.3 Å². The van der Waals surface area contributed by atoms with Crippen LogP contribution in [0.15, 0.2) is 24.3 Å². The summed E-state index contributed by atoms with van der Waals surface area (Å²) in [6.07, 6.45) is 0.458. The van der Waals surface area contributed by atoms with Crippen molar-refractivity contribution in [1.82, 2.24) is 9.21 Å². The second-order valence-electron chi connectivity index (χ2n) is 8.23. The maximum Gasteiger partial charge on any atom is 0.248 e. The quantitative estimate of drug-likeness (QED) is 0.735. The fraction of sp³-hybridized carbons (Fsp3) is 0.700. The van der Waals surface area contributed by atoms with E-state index in [0.717, 1.165) is 11.3 Å². The van der Waals surface area contributed by atoms with Gasteiger partial charge in [-0.2, -0.15) is 4.31 Å². The van der Waals surface area contributed by atoms with Crippen molar-refractivity contribution < 1.29 is 26.7 Å². The topological polar surface area (TPSA) is 59.1 Å². The van der Waals surface area contributed by atoms with Gasteiger partial charge in [-0.05, 0) is 30.5 Å². The van der Waals surface area contributed by atoms with Crippen LogP contribution >= 0.6 is 0 Å².